The van der Waals surface area contributed by atoms with Crippen LogP contribution in [0.3, 0.4) is 0 Å². The Labute approximate surface area is 181 Å². The Morgan fingerprint density at radius 1 is 1.10 bits per heavy atom. The zero-order valence-electron chi connectivity index (χ0n) is 17.6. The van der Waals surface area contributed by atoms with E-state index in [1.165, 1.54) is 19.3 Å². The van der Waals surface area contributed by atoms with Crippen LogP contribution < -0.4 is 27.0 Å². The summed E-state index contributed by atoms with van der Waals surface area (Å²) in [4.78, 5) is 23.0. The van der Waals surface area contributed by atoms with Crippen LogP contribution in [0.2, 0.25) is 0 Å². The molecule has 2 aliphatic rings. The number of aromatic nitrogens is 2. The van der Waals surface area contributed by atoms with Crippen molar-refractivity contribution >= 4 is 29.0 Å². The molecule has 0 radical (unpaired) electrons. The number of piperidine rings is 1. The molecule has 31 heavy (non-hydrogen) atoms. The van der Waals surface area contributed by atoms with Gasteiger partial charge in [0.2, 0.25) is 0 Å². The van der Waals surface area contributed by atoms with Gasteiger partial charge in [-0.15, -0.1) is 0 Å². The maximum atomic E-state index is 14.7. The van der Waals surface area contributed by atoms with E-state index in [-0.39, 0.29) is 29.3 Å². The first-order chi connectivity index (χ1) is 15.0. The predicted molar refractivity (Wildman–Crippen MR) is 120 cm³/mol. The van der Waals surface area contributed by atoms with Crippen molar-refractivity contribution in [3.8, 4) is 0 Å². The Balaban J connectivity index is 1.55. The predicted octanol–water partition coefficient (Wildman–Crippen LogP) is 3.13. The summed E-state index contributed by atoms with van der Waals surface area (Å²) in [5, 5.41) is 6.19. The highest BCUT2D eigenvalue weighted by Crippen LogP contribution is 2.27. The lowest BCUT2D eigenvalue weighted by atomic mass is 9.91. The van der Waals surface area contributed by atoms with Gasteiger partial charge in [-0.1, -0.05) is 12.8 Å². The largest absolute Gasteiger partial charge is 0.365 e. The van der Waals surface area contributed by atoms with Crippen LogP contribution in [0.1, 0.15) is 55.3 Å². The molecule has 2 fully saturated rings. The molecule has 4 rings (SSSR count). The number of primary amides is 1. The van der Waals surface area contributed by atoms with Crippen molar-refractivity contribution < 1.29 is 9.18 Å². The quantitative estimate of drug-likeness (QED) is 0.559. The molecule has 3 heterocycles. The van der Waals surface area contributed by atoms with Gasteiger partial charge in [-0.05, 0) is 50.3 Å². The summed E-state index contributed by atoms with van der Waals surface area (Å²) in [6.07, 6.45) is 9.13. The van der Waals surface area contributed by atoms with Crippen molar-refractivity contribution in [1.29, 1.82) is 0 Å². The van der Waals surface area contributed by atoms with Crippen LogP contribution in [0.4, 0.5) is 27.5 Å². The summed E-state index contributed by atoms with van der Waals surface area (Å²) in [6, 6.07) is 4.80. The molecule has 1 unspecified atom stereocenters. The van der Waals surface area contributed by atoms with E-state index in [0.717, 1.165) is 50.7 Å². The molecule has 2 aromatic heterocycles. The second kappa shape index (κ2) is 9.47. The lowest BCUT2D eigenvalue weighted by molar-refractivity contribution is 0.100. The Morgan fingerprint density at radius 2 is 1.87 bits per heavy atom. The van der Waals surface area contributed by atoms with Gasteiger partial charge in [0.25, 0.3) is 5.91 Å². The number of nitrogens with zero attached hydrogens (tertiary/aromatic N) is 3. The van der Waals surface area contributed by atoms with Crippen molar-refractivity contribution in [2.24, 2.45) is 11.5 Å². The molecule has 2 atom stereocenters. The monoisotopic (exact) mass is 427 g/mol. The van der Waals surface area contributed by atoms with E-state index >= 15 is 0 Å². The van der Waals surface area contributed by atoms with Crippen LogP contribution in [-0.4, -0.2) is 41.0 Å². The Hall–Kier alpha value is -2.94. The van der Waals surface area contributed by atoms with E-state index in [1.807, 2.05) is 12.1 Å². The molecule has 6 N–H and O–H groups in total. The number of carbonyl (C=O) groups excluding carboxylic acids is 1. The average molecular weight is 428 g/mol. The van der Waals surface area contributed by atoms with Gasteiger partial charge >= 0.3 is 0 Å². The highest BCUT2D eigenvalue weighted by molar-refractivity contribution is 5.98. The Bertz CT molecular complexity index is 915. The fraction of sp³-hybridized carbons (Fsp3) is 0.500. The minimum atomic E-state index is -0.757. The molecular formula is C22H30FN7O. The fourth-order valence-electron chi connectivity index (χ4n) is 4.29. The number of anilines is 4. The standard InChI is InChI=1S/C22H30FN7O/c23-16-12-15(20(25)31)21(29-22(16)28-18-7-3-2-6-17(18)24)27-14-8-9-19(26-13-14)30-10-4-1-5-11-30/h8-9,12-13,17-18H,1-7,10-11,24H2,(H2,25,31)(H2,27,28,29)/t17-,18?/m0/s1. The second-order valence-corrected chi connectivity index (χ2v) is 8.36. The maximum absolute atomic E-state index is 14.7. The summed E-state index contributed by atoms with van der Waals surface area (Å²) in [7, 11) is 0. The third-order valence-corrected chi connectivity index (χ3v) is 6.07. The molecule has 1 aliphatic heterocycles. The molecule has 0 bridgehead atoms. The lowest BCUT2D eigenvalue weighted by Crippen LogP contribution is -2.43. The van der Waals surface area contributed by atoms with Crippen molar-refractivity contribution in [2.45, 2.75) is 57.0 Å². The molecule has 2 aromatic rings. The average Bonchev–Trinajstić information content (AvgIpc) is 2.78. The first kappa shape index (κ1) is 21.3. The highest BCUT2D eigenvalue weighted by atomic mass is 19.1. The van der Waals surface area contributed by atoms with Gasteiger partial charge in [-0.25, -0.2) is 14.4 Å². The van der Waals surface area contributed by atoms with Crippen molar-refractivity contribution in [2.75, 3.05) is 28.6 Å². The van der Waals surface area contributed by atoms with Crippen molar-refractivity contribution in [1.82, 2.24) is 9.97 Å². The molecule has 9 heteroatoms. The zero-order chi connectivity index (χ0) is 21.8. The Morgan fingerprint density at radius 3 is 2.55 bits per heavy atom. The molecule has 166 valence electrons. The van der Waals surface area contributed by atoms with Gasteiger partial charge in [-0.3, -0.25) is 4.79 Å². The normalized spacial score (nSPS) is 21.5. The minimum Gasteiger partial charge on any atom is -0.365 e. The van der Waals surface area contributed by atoms with Gasteiger partial charge in [0, 0.05) is 25.2 Å². The smallest absolute Gasteiger partial charge is 0.252 e. The topological polar surface area (TPSA) is 122 Å². The second-order valence-electron chi connectivity index (χ2n) is 8.36. The molecule has 8 nitrogen and oxygen atoms in total. The number of hydrogen-bond donors (Lipinski definition) is 4. The third-order valence-electron chi connectivity index (χ3n) is 6.07. The zero-order valence-corrected chi connectivity index (χ0v) is 17.6. The van der Waals surface area contributed by atoms with Crippen LogP contribution in [0, 0.1) is 5.82 Å². The van der Waals surface area contributed by atoms with Gasteiger partial charge in [0.05, 0.1) is 17.4 Å². The van der Waals surface area contributed by atoms with Crippen LogP contribution in [-0.2, 0) is 0 Å². The number of carbonyl (C=O) groups is 1. The highest BCUT2D eigenvalue weighted by Gasteiger charge is 2.24. The first-order valence-electron chi connectivity index (χ1n) is 11.0. The van der Waals surface area contributed by atoms with E-state index in [4.69, 9.17) is 11.5 Å². The molecule has 1 saturated heterocycles. The van der Waals surface area contributed by atoms with Gasteiger partial charge in [0.15, 0.2) is 11.6 Å². The van der Waals surface area contributed by atoms with Gasteiger partial charge in [-0.2, -0.15) is 0 Å². The van der Waals surface area contributed by atoms with E-state index < -0.39 is 11.7 Å². The van der Waals surface area contributed by atoms with Crippen molar-refractivity contribution in [3.05, 3.63) is 35.8 Å². The summed E-state index contributed by atoms with van der Waals surface area (Å²) in [6.45, 7) is 2.01. The van der Waals surface area contributed by atoms with Crippen LogP contribution in [0.5, 0.6) is 0 Å². The number of hydrogen-bond acceptors (Lipinski definition) is 7. The van der Waals surface area contributed by atoms with Crippen LogP contribution in [0.15, 0.2) is 24.4 Å². The number of halogens is 1. The molecule has 0 spiro atoms. The SMILES string of the molecule is NC(=O)c1cc(F)c(NC2CCCC[C@@H]2N)nc1Nc1ccc(N2CCCCC2)nc1. The Kier molecular flexibility index (Phi) is 6.50. The van der Waals surface area contributed by atoms with Crippen molar-refractivity contribution in [3.63, 3.8) is 0 Å². The number of amides is 1. The lowest BCUT2D eigenvalue weighted by Gasteiger charge is -2.30. The molecule has 0 aromatic carbocycles. The maximum Gasteiger partial charge on any atom is 0.252 e. The number of rotatable bonds is 6. The summed E-state index contributed by atoms with van der Waals surface area (Å²) >= 11 is 0. The number of pyridine rings is 2. The minimum absolute atomic E-state index is 0.0175. The van der Waals surface area contributed by atoms with Gasteiger partial charge < -0.3 is 27.0 Å². The number of nitrogens with one attached hydrogen (secondary N) is 2. The van der Waals surface area contributed by atoms with Crippen LogP contribution >= 0.6 is 0 Å². The number of nitrogens with two attached hydrogens (primary N) is 2. The fourth-order valence-corrected chi connectivity index (χ4v) is 4.29. The van der Waals surface area contributed by atoms with Crippen LogP contribution in [0.25, 0.3) is 0 Å². The third kappa shape index (κ3) is 5.04. The van der Waals surface area contributed by atoms with Gasteiger partial charge in [0.1, 0.15) is 11.6 Å². The summed E-state index contributed by atoms with van der Waals surface area (Å²) in [5.41, 5.74) is 12.3. The van der Waals surface area contributed by atoms with E-state index in [0.29, 0.717) is 5.69 Å². The molecule has 1 amide bonds. The molecular weight excluding hydrogens is 397 g/mol. The molecule has 1 aliphatic carbocycles. The van der Waals surface area contributed by atoms with E-state index in [9.17, 15) is 9.18 Å². The first-order valence-corrected chi connectivity index (χ1v) is 11.0. The van der Waals surface area contributed by atoms with E-state index in [2.05, 4.69) is 25.5 Å². The van der Waals surface area contributed by atoms with E-state index in [1.54, 1.807) is 6.20 Å². The summed E-state index contributed by atoms with van der Waals surface area (Å²) in [5.74, 6) is -0.217. The molecule has 1 saturated carbocycles. The summed E-state index contributed by atoms with van der Waals surface area (Å²) < 4.78 is 14.7.